The Balaban J connectivity index is 2.63. The number of likely N-dealkylation sites (N-methyl/N-ethyl adjacent to an activating group) is 1. The van der Waals surface area contributed by atoms with E-state index < -0.39 is 5.91 Å². The van der Waals surface area contributed by atoms with Crippen molar-refractivity contribution in [3.05, 3.63) is 28.2 Å². The van der Waals surface area contributed by atoms with Crippen molar-refractivity contribution in [2.24, 2.45) is 0 Å². The molecule has 1 rings (SSSR count). The van der Waals surface area contributed by atoms with E-state index in [4.69, 9.17) is 0 Å². The Morgan fingerprint density at radius 2 is 1.95 bits per heavy atom. The van der Waals surface area contributed by atoms with Crippen LogP contribution in [-0.2, 0) is 4.79 Å². The Labute approximate surface area is 120 Å². The van der Waals surface area contributed by atoms with Crippen LogP contribution >= 0.6 is 15.9 Å². The highest BCUT2D eigenvalue weighted by Crippen LogP contribution is 2.21. The van der Waals surface area contributed by atoms with Crippen LogP contribution in [0.3, 0.4) is 0 Å². The quantitative estimate of drug-likeness (QED) is 0.865. The number of hydrogen-bond acceptors (Lipinski definition) is 3. The van der Waals surface area contributed by atoms with Gasteiger partial charge in [-0.05, 0) is 32.0 Å². The highest BCUT2D eigenvalue weighted by atomic mass is 79.9. The van der Waals surface area contributed by atoms with E-state index in [2.05, 4.69) is 21.2 Å². The summed E-state index contributed by atoms with van der Waals surface area (Å²) in [7, 11) is 0. The molecule has 0 spiro atoms. The van der Waals surface area contributed by atoms with Gasteiger partial charge in [-0.2, -0.15) is 0 Å². The lowest BCUT2D eigenvalue weighted by molar-refractivity contribution is -0.129. The number of amides is 2. The van der Waals surface area contributed by atoms with Gasteiger partial charge >= 0.3 is 0 Å². The minimum Gasteiger partial charge on any atom is -0.507 e. The van der Waals surface area contributed by atoms with Crippen molar-refractivity contribution < 1.29 is 14.7 Å². The monoisotopic (exact) mass is 328 g/mol. The zero-order valence-electron chi connectivity index (χ0n) is 10.9. The Hall–Kier alpha value is -1.56. The topological polar surface area (TPSA) is 69.6 Å². The van der Waals surface area contributed by atoms with Gasteiger partial charge in [0.05, 0.1) is 12.1 Å². The number of carbonyl (C=O) groups is 2. The van der Waals surface area contributed by atoms with E-state index in [9.17, 15) is 14.7 Å². The summed E-state index contributed by atoms with van der Waals surface area (Å²) in [6.07, 6.45) is 0. The number of nitrogens with zero attached hydrogens (tertiary/aromatic N) is 1. The second-order valence-corrected chi connectivity index (χ2v) is 4.83. The third kappa shape index (κ3) is 4.24. The average molecular weight is 329 g/mol. The van der Waals surface area contributed by atoms with E-state index in [0.29, 0.717) is 17.6 Å². The molecule has 1 aromatic carbocycles. The maximum Gasteiger partial charge on any atom is 0.255 e. The maximum absolute atomic E-state index is 11.8. The normalized spacial score (nSPS) is 10.1. The molecule has 0 fully saturated rings. The summed E-state index contributed by atoms with van der Waals surface area (Å²) >= 11 is 3.19. The Morgan fingerprint density at radius 3 is 2.47 bits per heavy atom. The van der Waals surface area contributed by atoms with E-state index in [-0.39, 0.29) is 23.8 Å². The van der Waals surface area contributed by atoms with Gasteiger partial charge in [0.15, 0.2) is 0 Å². The average Bonchev–Trinajstić information content (AvgIpc) is 2.37. The van der Waals surface area contributed by atoms with Crippen LogP contribution in [0.4, 0.5) is 0 Å². The Kier molecular flexibility index (Phi) is 5.82. The van der Waals surface area contributed by atoms with E-state index >= 15 is 0 Å². The molecule has 1 aromatic rings. The van der Waals surface area contributed by atoms with Crippen molar-refractivity contribution in [1.82, 2.24) is 10.2 Å². The lowest BCUT2D eigenvalue weighted by Crippen LogP contribution is -2.40. The standard InChI is InChI=1S/C13H17BrN2O3/c1-3-16(4-2)12(18)8-15-13(19)10-6-5-9(14)7-11(10)17/h5-7,17H,3-4,8H2,1-2H3,(H,15,19). The van der Waals surface area contributed by atoms with Crippen molar-refractivity contribution in [1.29, 1.82) is 0 Å². The Morgan fingerprint density at radius 1 is 1.32 bits per heavy atom. The van der Waals surface area contributed by atoms with Gasteiger partial charge in [0.1, 0.15) is 5.75 Å². The second-order valence-electron chi connectivity index (χ2n) is 3.91. The fraction of sp³-hybridized carbons (Fsp3) is 0.385. The molecule has 0 saturated heterocycles. The zero-order valence-corrected chi connectivity index (χ0v) is 12.5. The number of hydrogen-bond donors (Lipinski definition) is 2. The molecular formula is C13H17BrN2O3. The molecule has 2 N–H and O–H groups in total. The predicted molar refractivity (Wildman–Crippen MR) is 76.1 cm³/mol. The fourth-order valence-corrected chi connectivity index (χ4v) is 1.99. The molecule has 0 aliphatic heterocycles. The Bertz CT molecular complexity index is 473. The number of nitrogens with one attached hydrogen (secondary N) is 1. The van der Waals surface area contributed by atoms with Gasteiger partial charge in [-0.3, -0.25) is 9.59 Å². The molecule has 2 amide bonds. The van der Waals surface area contributed by atoms with Gasteiger partial charge in [0, 0.05) is 17.6 Å². The van der Waals surface area contributed by atoms with Gasteiger partial charge < -0.3 is 15.3 Å². The summed E-state index contributed by atoms with van der Waals surface area (Å²) in [5.41, 5.74) is 0.149. The van der Waals surface area contributed by atoms with Gasteiger partial charge in [0.2, 0.25) is 5.91 Å². The fourth-order valence-electron chi connectivity index (χ4n) is 1.64. The van der Waals surface area contributed by atoms with Crippen LogP contribution < -0.4 is 5.32 Å². The molecule has 0 atom stereocenters. The maximum atomic E-state index is 11.8. The van der Waals surface area contributed by atoms with Crippen molar-refractivity contribution in [2.75, 3.05) is 19.6 Å². The van der Waals surface area contributed by atoms with E-state index in [1.807, 2.05) is 13.8 Å². The lowest BCUT2D eigenvalue weighted by atomic mass is 10.2. The molecule has 0 heterocycles. The summed E-state index contributed by atoms with van der Waals surface area (Å²) in [6, 6.07) is 4.58. The van der Waals surface area contributed by atoms with Crippen molar-refractivity contribution in [2.45, 2.75) is 13.8 Å². The third-order valence-corrected chi connectivity index (χ3v) is 3.21. The van der Waals surface area contributed by atoms with Gasteiger partial charge in [-0.25, -0.2) is 0 Å². The van der Waals surface area contributed by atoms with Crippen LogP contribution in [0.5, 0.6) is 5.75 Å². The number of halogens is 1. The molecule has 0 aliphatic carbocycles. The van der Waals surface area contributed by atoms with Gasteiger partial charge in [-0.15, -0.1) is 0 Å². The molecule has 0 saturated carbocycles. The number of benzene rings is 1. The molecular weight excluding hydrogens is 312 g/mol. The highest BCUT2D eigenvalue weighted by Gasteiger charge is 2.14. The first kappa shape index (κ1) is 15.5. The number of phenols is 1. The van der Waals surface area contributed by atoms with Crippen LogP contribution in [-0.4, -0.2) is 41.5 Å². The van der Waals surface area contributed by atoms with Crippen molar-refractivity contribution in [3.63, 3.8) is 0 Å². The van der Waals surface area contributed by atoms with Gasteiger partial charge in [0.25, 0.3) is 5.91 Å². The van der Waals surface area contributed by atoms with Crippen LogP contribution in [0.1, 0.15) is 24.2 Å². The number of rotatable bonds is 5. The first-order chi connectivity index (χ1) is 8.99. The first-order valence-corrected chi connectivity index (χ1v) is 6.83. The van der Waals surface area contributed by atoms with Crippen LogP contribution in [0.2, 0.25) is 0 Å². The lowest BCUT2D eigenvalue weighted by Gasteiger charge is -2.18. The molecule has 5 nitrogen and oxygen atoms in total. The molecule has 0 aromatic heterocycles. The first-order valence-electron chi connectivity index (χ1n) is 6.04. The van der Waals surface area contributed by atoms with Gasteiger partial charge in [-0.1, -0.05) is 15.9 Å². The molecule has 0 bridgehead atoms. The minimum atomic E-state index is -0.467. The summed E-state index contributed by atoms with van der Waals surface area (Å²) in [6.45, 7) is 4.90. The molecule has 104 valence electrons. The molecule has 6 heteroatoms. The van der Waals surface area contributed by atoms with Crippen LogP contribution in [0, 0.1) is 0 Å². The summed E-state index contributed by atoms with van der Waals surface area (Å²) in [5, 5.41) is 12.1. The smallest absolute Gasteiger partial charge is 0.255 e. The summed E-state index contributed by atoms with van der Waals surface area (Å²) in [5.74, 6) is -0.734. The van der Waals surface area contributed by atoms with E-state index in [1.165, 1.54) is 12.1 Å². The summed E-state index contributed by atoms with van der Waals surface area (Å²) < 4.78 is 0.681. The molecule has 19 heavy (non-hydrogen) atoms. The predicted octanol–water partition coefficient (Wildman–Crippen LogP) is 1.75. The van der Waals surface area contributed by atoms with E-state index in [1.54, 1.807) is 11.0 Å². The number of aromatic hydroxyl groups is 1. The summed E-state index contributed by atoms with van der Waals surface area (Å²) in [4.78, 5) is 25.2. The zero-order chi connectivity index (χ0) is 14.4. The third-order valence-electron chi connectivity index (χ3n) is 2.72. The molecule has 0 radical (unpaired) electrons. The van der Waals surface area contributed by atoms with Crippen molar-refractivity contribution >= 4 is 27.7 Å². The number of phenolic OH excluding ortho intramolecular Hbond substituents is 1. The minimum absolute atomic E-state index is 0.0734. The van der Waals surface area contributed by atoms with Crippen molar-refractivity contribution in [3.8, 4) is 5.75 Å². The van der Waals surface area contributed by atoms with Crippen LogP contribution in [0.15, 0.2) is 22.7 Å². The highest BCUT2D eigenvalue weighted by molar-refractivity contribution is 9.10. The molecule has 0 unspecified atom stereocenters. The van der Waals surface area contributed by atoms with E-state index in [0.717, 1.165) is 0 Å². The SMILES string of the molecule is CCN(CC)C(=O)CNC(=O)c1ccc(Br)cc1O. The number of carbonyl (C=O) groups excluding carboxylic acids is 2. The largest absolute Gasteiger partial charge is 0.507 e. The molecule has 0 aliphatic rings. The second kappa shape index (κ2) is 7.13. The van der Waals surface area contributed by atoms with Crippen LogP contribution in [0.25, 0.3) is 0 Å².